The summed E-state index contributed by atoms with van der Waals surface area (Å²) in [5.74, 6) is -0.154. The monoisotopic (exact) mass is 392 g/mol. The average molecular weight is 393 g/mol. The zero-order valence-corrected chi connectivity index (χ0v) is 15.9. The molecule has 2 amide bonds. The van der Waals surface area contributed by atoms with E-state index in [0.717, 1.165) is 41.5 Å². The summed E-state index contributed by atoms with van der Waals surface area (Å²) in [7, 11) is 0. The molecular formula is C19H25BrN2O2. The van der Waals surface area contributed by atoms with Gasteiger partial charge in [-0.2, -0.15) is 0 Å². The Kier molecular flexibility index (Phi) is 5.28. The number of aryl methyl sites for hydroxylation is 1. The molecule has 0 spiro atoms. The van der Waals surface area contributed by atoms with Crippen molar-refractivity contribution in [1.29, 1.82) is 0 Å². The van der Waals surface area contributed by atoms with Crippen molar-refractivity contribution in [1.82, 2.24) is 4.90 Å². The minimum absolute atomic E-state index is 0.0389. The van der Waals surface area contributed by atoms with E-state index in [9.17, 15) is 9.59 Å². The number of hydrogen-bond acceptors (Lipinski definition) is 2. The van der Waals surface area contributed by atoms with Gasteiger partial charge in [-0.25, -0.2) is 0 Å². The first-order valence-electron chi connectivity index (χ1n) is 8.88. The number of amides is 2. The van der Waals surface area contributed by atoms with Gasteiger partial charge in [0, 0.05) is 17.1 Å². The molecule has 0 aromatic heterocycles. The molecule has 5 heteroatoms. The summed E-state index contributed by atoms with van der Waals surface area (Å²) < 4.78 is 0.876. The number of anilines is 1. The van der Waals surface area contributed by atoms with Crippen LogP contribution in [0.2, 0.25) is 0 Å². The number of carbonyl (C=O) groups excluding carboxylic acids is 2. The van der Waals surface area contributed by atoms with Crippen molar-refractivity contribution < 1.29 is 9.59 Å². The molecule has 1 aliphatic heterocycles. The summed E-state index contributed by atoms with van der Waals surface area (Å²) in [5.41, 5.74) is 1.91. The number of nitrogens with one attached hydrogen (secondary N) is 1. The number of nitrogens with zero attached hydrogens (tertiary/aromatic N) is 1. The predicted octanol–water partition coefficient (Wildman–Crippen LogP) is 4.12. The molecule has 0 radical (unpaired) electrons. The third kappa shape index (κ3) is 3.66. The smallest absolute Gasteiger partial charge is 0.228 e. The second-order valence-corrected chi connectivity index (χ2v) is 7.87. The van der Waals surface area contributed by atoms with Crippen molar-refractivity contribution in [2.75, 3.05) is 11.9 Å². The largest absolute Gasteiger partial charge is 0.339 e. The van der Waals surface area contributed by atoms with Crippen molar-refractivity contribution in [3.8, 4) is 0 Å². The normalized spacial score (nSPS) is 26.1. The Morgan fingerprint density at radius 2 is 2.08 bits per heavy atom. The number of piperidine rings is 1. The lowest BCUT2D eigenvalue weighted by Crippen LogP contribution is -2.44. The van der Waals surface area contributed by atoms with Gasteiger partial charge in [0.05, 0.1) is 17.5 Å². The lowest BCUT2D eigenvalue weighted by atomic mass is 9.99. The van der Waals surface area contributed by atoms with E-state index in [1.807, 2.05) is 30.0 Å². The summed E-state index contributed by atoms with van der Waals surface area (Å²) in [6.07, 6.45) is 5.08. The molecule has 1 aromatic rings. The molecule has 1 aromatic carbocycles. The van der Waals surface area contributed by atoms with Crippen LogP contribution in [-0.4, -0.2) is 29.3 Å². The number of likely N-dealkylation sites (tertiary alicyclic amines) is 1. The van der Waals surface area contributed by atoms with Gasteiger partial charge >= 0.3 is 0 Å². The fourth-order valence-corrected chi connectivity index (χ4v) is 4.23. The average Bonchev–Trinajstić information content (AvgIpc) is 3.37. The summed E-state index contributed by atoms with van der Waals surface area (Å²) >= 11 is 3.48. The van der Waals surface area contributed by atoms with Crippen LogP contribution in [0.25, 0.3) is 0 Å². The molecule has 1 aliphatic carbocycles. The molecule has 4 nitrogen and oxygen atoms in total. The van der Waals surface area contributed by atoms with Crippen LogP contribution in [0.3, 0.4) is 0 Å². The number of benzene rings is 1. The second-order valence-electron chi connectivity index (χ2n) is 7.01. The highest BCUT2D eigenvalue weighted by Gasteiger charge is 2.50. The second kappa shape index (κ2) is 7.26. The molecule has 3 unspecified atom stereocenters. The molecule has 24 heavy (non-hydrogen) atoms. The Morgan fingerprint density at radius 1 is 1.29 bits per heavy atom. The SMILES string of the molecule is CCC1CCCCN1C(=O)C1CC1C(=O)Nc1ccc(C)cc1Br. The van der Waals surface area contributed by atoms with Crippen LogP contribution in [-0.2, 0) is 9.59 Å². The molecule has 3 rings (SSSR count). The first-order valence-corrected chi connectivity index (χ1v) is 9.68. The van der Waals surface area contributed by atoms with Crippen LogP contribution in [0.5, 0.6) is 0 Å². The van der Waals surface area contributed by atoms with E-state index in [1.165, 1.54) is 6.42 Å². The van der Waals surface area contributed by atoms with Gasteiger partial charge in [-0.1, -0.05) is 13.0 Å². The number of halogens is 1. The minimum Gasteiger partial charge on any atom is -0.339 e. The topological polar surface area (TPSA) is 49.4 Å². The molecular weight excluding hydrogens is 368 g/mol. The number of hydrogen-bond donors (Lipinski definition) is 1. The van der Waals surface area contributed by atoms with Gasteiger partial charge in [-0.05, 0) is 72.7 Å². The van der Waals surface area contributed by atoms with Crippen LogP contribution in [0.15, 0.2) is 22.7 Å². The quantitative estimate of drug-likeness (QED) is 0.837. The lowest BCUT2D eigenvalue weighted by Gasteiger charge is -2.35. The van der Waals surface area contributed by atoms with Crippen LogP contribution in [0.4, 0.5) is 5.69 Å². The maximum Gasteiger partial charge on any atom is 0.228 e. The summed E-state index contributed by atoms with van der Waals surface area (Å²) in [4.78, 5) is 27.2. The Bertz CT molecular complexity index is 646. The fourth-order valence-electron chi connectivity index (χ4n) is 3.63. The highest BCUT2D eigenvalue weighted by molar-refractivity contribution is 9.10. The zero-order chi connectivity index (χ0) is 17.3. The fraction of sp³-hybridized carbons (Fsp3) is 0.579. The van der Waals surface area contributed by atoms with E-state index in [-0.39, 0.29) is 23.7 Å². The van der Waals surface area contributed by atoms with Gasteiger partial charge in [-0.3, -0.25) is 9.59 Å². The molecule has 1 heterocycles. The first kappa shape index (κ1) is 17.5. The van der Waals surface area contributed by atoms with Crippen molar-refractivity contribution in [3.63, 3.8) is 0 Å². The lowest BCUT2D eigenvalue weighted by molar-refractivity contribution is -0.137. The zero-order valence-electron chi connectivity index (χ0n) is 14.3. The Hall–Kier alpha value is -1.36. The van der Waals surface area contributed by atoms with E-state index in [1.54, 1.807) is 0 Å². The first-order chi connectivity index (χ1) is 11.5. The Labute approximate surface area is 152 Å². The maximum atomic E-state index is 12.7. The van der Waals surface area contributed by atoms with E-state index in [0.29, 0.717) is 12.5 Å². The highest BCUT2D eigenvalue weighted by Crippen LogP contribution is 2.42. The number of carbonyl (C=O) groups is 2. The van der Waals surface area contributed by atoms with Crippen LogP contribution in [0, 0.1) is 18.8 Å². The van der Waals surface area contributed by atoms with Gasteiger partial charge < -0.3 is 10.2 Å². The third-order valence-electron chi connectivity index (χ3n) is 5.21. The van der Waals surface area contributed by atoms with Crippen LogP contribution < -0.4 is 5.32 Å². The molecule has 1 saturated heterocycles. The number of rotatable bonds is 4. The van der Waals surface area contributed by atoms with Crippen molar-refractivity contribution in [2.45, 2.75) is 52.0 Å². The van der Waals surface area contributed by atoms with Crippen LogP contribution in [0.1, 0.15) is 44.6 Å². The molecule has 0 bridgehead atoms. The van der Waals surface area contributed by atoms with Gasteiger partial charge in [0.2, 0.25) is 11.8 Å². The minimum atomic E-state index is -0.176. The van der Waals surface area contributed by atoms with Gasteiger partial charge in [0.15, 0.2) is 0 Å². The summed E-state index contributed by atoms with van der Waals surface area (Å²) in [5, 5.41) is 2.96. The van der Waals surface area contributed by atoms with Crippen LogP contribution >= 0.6 is 15.9 Å². The van der Waals surface area contributed by atoms with E-state index < -0.39 is 0 Å². The Morgan fingerprint density at radius 3 is 2.79 bits per heavy atom. The molecule has 2 aliphatic rings. The van der Waals surface area contributed by atoms with Crippen molar-refractivity contribution in [2.24, 2.45) is 11.8 Å². The molecule has 1 N–H and O–H groups in total. The molecule has 2 fully saturated rings. The van der Waals surface area contributed by atoms with Crippen molar-refractivity contribution >= 4 is 33.4 Å². The summed E-state index contributed by atoms with van der Waals surface area (Å²) in [6.45, 7) is 5.00. The highest BCUT2D eigenvalue weighted by atomic mass is 79.9. The molecule has 130 valence electrons. The molecule has 3 atom stereocenters. The van der Waals surface area contributed by atoms with Gasteiger partial charge in [-0.15, -0.1) is 0 Å². The predicted molar refractivity (Wildman–Crippen MR) is 98.7 cm³/mol. The van der Waals surface area contributed by atoms with E-state index >= 15 is 0 Å². The van der Waals surface area contributed by atoms with E-state index in [4.69, 9.17) is 0 Å². The van der Waals surface area contributed by atoms with Gasteiger partial charge in [0.25, 0.3) is 0 Å². The third-order valence-corrected chi connectivity index (χ3v) is 5.86. The summed E-state index contributed by atoms with van der Waals surface area (Å²) in [6, 6.07) is 6.20. The van der Waals surface area contributed by atoms with E-state index in [2.05, 4.69) is 28.2 Å². The molecule has 1 saturated carbocycles. The standard InChI is InChI=1S/C19H25BrN2O2/c1-3-13-6-4-5-9-22(13)19(24)15-11-14(15)18(23)21-17-8-7-12(2)10-16(17)20/h7-8,10,13-15H,3-6,9,11H2,1-2H3,(H,21,23). The Balaban J connectivity index is 1.59. The maximum absolute atomic E-state index is 12.7. The van der Waals surface area contributed by atoms with Gasteiger partial charge in [0.1, 0.15) is 0 Å². The van der Waals surface area contributed by atoms with Crippen molar-refractivity contribution in [3.05, 3.63) is 28.2 Å².